The standard InChI is InChI=1S/C16H20N8/c1-2-13-15(18-11-5-6-17-9-11)20-16(23-24(13)7-1)19-14-8-12(21-22-14)10-3-4-10/h1-2,7-8,10-11,17H,3-6,9H2,(H3,18,19,20,21,22,23)/t11-/m0/s1. The topological polar surface area (TPSA) is 95.0 Å². The molecule has 2 fully saturated rings. The van der Waals surface area contributed by atoms with Gasteiger partial charge in [0, 0.05) is 36.5 Å². The van der Waals surface area contributed by atoms with E-state index in [1.54, 1.807) is 0 Å². The molecule has 24 heavy (non-hydrogen) atoms. The van der Waals surface area contributed by atoms with Crippen molar-refractivity contribution < 1.29 is 0 Å². The van der Waals surface area contributed by atoms with Crippen molar-refractivity contribution >= 4 is 23.1 Å². The maximum Gasteiger partial charge on any atom is 0.248 e. The summed E-state index contributed by atoms with van der Waals surface area (Å²) in [7, 11) is 0. The van der Waals surface area contributed by atoms with Gasteiger partial charge in [0.25, 0.3) is 0 Å². The molecule has 0 unspecified atom stereocenters. The van der Waals surface area contributed by atoms with Gasteiger partial charge in [-0.15, -0.1) is 5.10 Å². The molecule has 3 aromatic heterocycles. The molecule has 8 nitrogen and oxygen atoms in total. The molecule has 0 aromatic carbocycles. The molecular formula is C16H20N8. The first-order chi connectivity index (χ1) is 11.8. The molecule has 5 rings (SSSR count). The highest BCUT2D eigenvalue weighted by atomic mass is 15.3. The zero-order valence-corrected chi connectivity index (χ0v) is 13.3. The minimum absolute atomic E-state index is 0.401. The Bertz CT molecular complexity index is 856. The molecule has 4 N–H and O–H groups in total. The Labute approximate surface area is 139 Å². The van der Waals surface area contributed by atoms with Crippen LogP contribution in [0, 0.1) is 0 Å². The lowest BCUT2D eigenvalue weighted by Crippen LogP contribution is -2.23. The maximum atomic E-state index is 4.67. The average Bonchev–Trinajstić information content (AvgIpc) is 3.00. The molecule has 1 aliphatic heterocycles. The number of H-pyrrole nitrogens is 1. The van der Waals surface area contributed by atoms with E-state index in [0.717, 1.165) is 36.7 Å². The molecule has 124 valence electrons. The van der Waals surface area contributed by atoms with Gasteiger partial charge in [0.2, 0.25) is 5.95 Å². The molecule has 1 atom stereocenters. The molecule has 0 amide bonds. The number of nitrogens with zero attached hydrogens (tertiary/aromatic N) is 4. The number of hydrogen-bond acceptors (Lipinski definition) is 6. The van der Waals surface area contributed by atoms with Gasteiger partial charge in [-0.3, -0.25) is 5.10 Å². The Balaban J connectivity index is 1.43. The summed E-state index contributed by atoms with van der Waals surface area (Å²) in [5.41, 5.74) is 2.17. The Kier molecular flexibility index (Phi) is 3.15. The second-order valence-corrected chi connectivity index (χ2v) is 6.56. The van der Waals surface area contributed by atoms with E-state index in [-0.39, 0.29) is 0 Å². The van der Waals surface area contributed by atoms with E-state index in [0.29, 0.717) is 17.9 Å². The maximum absolute atomic E-state index is 4.67. The first-order valence-electron chi connectivity index (χ1n) is 8.50. The van der Waals surface area contributed by atoms with E-state index in [2.05, 4.69) is 42.3 Å². The Morgan fingerprint density at radius 1 is 1.25 bits per heavy atom. The lowest BCUT2D eigenvalue weighted by atomic mass is 10.2. The van der Waals surface area contributed by atoms with E-state index < -0.39 is 0 Å². The molecular weight excluding hydrogens is 304 g/mol. The van der Waals surface area contributed by atoms with Crippen LogP contribution in [0.2, 0.25) is 0 Å². The molecule has 2 aliphatic rings. The summed E-state index contributed by atoms with van der Waals surface area (Å²) < 4.78 is 1.84. The van der Waals surface area contributed by atoms with E-state index >= 15 is 0 Å². The molecule has 0 bridgehead atoms. The van der Waals surface area contributed by atoms with Crippen molar-refractivity contribution in [2.75, 3.05) is 23.7 Å². The van der Waals surface area contributed by atoms with E-state index in [1.165, 1.54) is 18.5 Å². The van der Waals surface area contributed by atoms with Crippen molar-refractivity contribution in [1.29, 1.82) is 0 Å². The van der Waals surface area contributed by atoms with Crippen molar-refractivity contribution in [3.05, 3.63) is 30.1 Å². The zero-order chi connectivity index (χ0) is 15.9. The summed E-state index contributed by atoms with van der Waals surface area (Å²) in [4.78, 5) is 4.67. The summed E-state index contributed by atoms with van der Waals surface area (Å²) in [6.07, 6.45) is 5.53. The van der Waals surface area contributed by atoms with Gasteiger partial charge >= 0.3 is 0 Å². The van der Waals surface area contributed by atoms with Crippen LogP contribution in [0.1, 0.15) is 30.9 Å². The third-order valence-electron chi connectivity index (χ3n) is 4.65. The van der Waals surface area contributed by atoms with Crippen LogP contribution in [0.5, 0.6) is 0 Å². The molecule has 1 saturated carbocycles. The van der Waals surface area contributed by atoms with Crippen LogP contribution in [-0.4, -0.2) is 43.9 Å². The highest BCUT2D eigenvalue weighted by Gasteiger charge is 2.25. The van der Waals surface area contributed by atoms with Crippen molar-refractivity contribution in [3.63, 3.8) is 0 Å². The molecule has 8 heteroatoms. The SMILES string of the molecule is c1cc2c(N[C@H]3CCNC3)nc(Nc3cc(C4CC4)[nH]n3)nn2c1. The molecule has 0 radical (unpaired) electrons. The van der Waals surface area contributed by atoms with Gasteiger partial charge < -0.3 is 16.0 Å². The summed E-state index contributed by atoms with van der Waals surface area (Å²) in [5.74, 6) is 2.80. The molecule has 1 aliphatic carbocycles. The van der Waals surface area contributed by atoms with Gasteiger partial charge in [0.05, 0.1) is 0 Å². The smallest absolute Gasteiger partial charge is 0.248 e. The second kappa shape index (κ2) is 5.48. The van der Waals surface area contributed by atoms with Crippen LogP contribution in [0.3, 0.4) is 0 Å². The first kappa shape index (κ1) is 13.8. The second-order valence-electron chi connectivity index (χ2n) is 6.56. The van der Waals surface area contributed by atoms with Gasteiger partial charge in [-0.2, -0.15) is 10.1 Å². The number of rotatable bonds is 5. The summed E-state index contributed by atoms with van der Waals surface area (Å²) in [5, 5.41) is 22.0. The van der Waals surface area contributed by atoms with E-state index in [1.807, 2.05) is 22.8 Å². The van der Waals surface area contributed by atoms with Crippen LogP contribution in [0.4, 0.5) is 17.6 Å². The number of nitrogens with one attached hydrogen (secondary N) is 4. The Hall–Kier alpha value is -2.61. The van der Waals surface area contributed by atoms with Crippen LogP contribution in [0.15, 0.2) is 24.4 Å². The Morgan fingerprint density at radius 3 is 3.04 bits per heavy atom. The highest BCUT2D eigenvalue weighted by molar-refractivity contribution is 5.69. The monoisotopic (exact) mass is 324 g/mol. The normalized spacial score (nSPS) is 20.6. The third kappa shape index (κ3) is 2.58. The van der Waals surface area contributed by atoms with Crippen LogP contribution in [0.25, 0.3) is 5.52 Å². The van der Waals surface area contributed by atoms with Crippen LogP contribution in [-0.2, 0) is 0 Å². The molecule has 3 aromatic rings. The predicted octanol–water partition coefficient (Wildman–Crippen LogP) is 1.85. The van der Waals surface area contributed by atoms with Gasteiger partial charge in [-0.05, 0) is 37.9 Å². The lowest BCUT2D eigenvalue weighted by Gasteiger charge is -2.14. The van der Waals surface area contributed by atoms with Crippen LogP contribution >= 0.6 is 0 Å². The zero-order valence-electron chi connectivity index (χ0n) is 13.3. The summed E-state index contributed by atoms with van der Waals surface area (Å²) >= 11 is 0. The number of aromatic amines is 1. The number of anilines is 3. The average molecular weight is 324 g/mol. The fraction of sp³-hybridized carbons (Fsp3) is 0.438. The van der Waals surface area contributed by atoms with Crippen molar-refractivity contribution in [2.24, 2.45) is 0 Å². The van der Waals surface area contributed by atoms with Crippen molar-refractivity contribution in [3.8, 4) is 0 Å². The summed E-state index contributed by atoms with van der Waals surface area (Å²) in [6, 6.07) is 6.45. The van der Waals surface area contributed by atoms with E-state index in [9.17, 15) is 0 Å². The van der Waals surface area contributed by atoms with Crippen LogP contribution < -0.4 is 16.0 Å². The number of hydrogen-bond donors (Lipinski definition) is 4. The van der Waals surface area contributed by atoms with Gasteiger partial charge in [0.1, 0.15) is 5.52 Å². The lowest BCUT2D eigenvalue weighted by molar-refractivity contribution is 0.784. The molecule has 1 saturated heterocycles. The molecule has 0 spiro atoms. The highest BCUT2D eigenvalue weighted by Crippen LogP contribution is 2.39. The van der Waals surface area contributed by atoms with Gasteiger partial charge in [-0.25, -0.2) is 4.52 Å². The largest absolute Gasteiger partial charge is 0.364 e. The third-order valence-corrected chi connectivity index (χ3v) is 4.65. The summed E-state index contributed by atoms with van der Waals surface area (Å²) in [6.45, 7) is 2.01. The first-order valence-corrected chi connectivity index (χ1v) is 8.50. The van der Waals surface area contributed by atoms with Crippen molar-refractivity contribution in [1.82, 2.24) is 30.1 Å². The minimum Gasteiger partial charge on any atom is -0.364 e. The van der Waals surface area contributed by atoms with Gasteiger partial charge in [0.15, 0.2) is 11.6 Å². The van der Waals surface area contributed by atoms with E-state index in [4.69, 9.17) is 0 Å². The molecule has 4 heterocycles. The Morgan fingerprint density at radius 2 is 2.21 bits per heavy atom. The minimum atomic E-state index is 0.401. The quantitative estimate of drug-likeness (QED) is 0.572. The number of fused-ring (bicyclic) bond motifs is 1. The fourth-order valence-electron chi connectivity index (χ4n) is 3.18. The predicted molar refractivity (Wildman–Crippen MR) is 91.7 cm³/mol. The number of aromatic nitrogens is 5. The van der Waals surface area contributed by atoms with Crippen molar-refractivity contribution in [2.45, 2.75) is 31.2 Å². The van der Waals surface area contributed by atoms with Gasteiger partial charge in [-0.1, -0.05) is 0 Å². The fourth-order valence-corrected chi connectivity index (χ4v) is 3.18.